The van der Waals surface area contributed by atoms with Crippen LogP contribution in [0.25, 0.3) is 11.1 Å². The number of methoxy groups -OCH3 is 1. The number of ether oxygens (including phenoxy) is 1. The average molecular weight is 636 g/mol. The number of aliphatic hydroxyl groups is 3. The number of rotatable bonds is 8. The third-order valence-electron chi connectivity index (χ3n) is 11.9. The topological polar surface area (TPSA) is 167 Å². The first-order chi connectivity index (χ1) is 21.5. The van der Waals surface area contributed by atoms with E-state index in [9.17, 15) is 34.8 Å². The number of aromatic hydroxyl groups is 1. The fourth-order valence-corrected chi connectivity index (χ4v) is 9.79. The Morgan fingerprint density at radius 3 is 2.28 bits per heavy atom. The van der Waals surface area contributed by atoms with Crippen LogP contribution in [0.5, 0.6) is 11.5 Å². The number of hydrogen-bond donors (Lipinski definition) is 5. The van der Waals surface area contributed by atoms with Crippen LogP contribution in [0, 0.1) is 40.4 Å². The van der Waals surface area contributed by atoms with Crippen molar-refractivity contribution in [2.45, 2.75) is 91.5 Å². The molecule has 3 aliphatic rings. The van der Waals surface area contributed by atoms with E-state index in [2.05, 4.69) is 19.9 Å². The second-order valence-corrected chi connectivity index (χ2v) is 14.9. The number of benzene rings is 2. The largest absolute Gasteiger partial charge is 0.507 e. The van der Waals surface area contributed by atoms with Gasteiger partial charge in [0.25, 0.3) is 0 Å². The van der Waals surface area contributed by atoms with Gasteiger partial charge in [0.05, 0.1) is 24.7 Å². The van der Waals surface area contributed by atoms with Crippen LogP contribution in [0.15, 0.2) is 30.3 Å². The summed E-state index contributed by atoms with van der Waals surface area (Å²) in [7, 11) is 1.59. The Hall–Kier alpha value is -3.27. The fourth-order valence-electron chi connectivity index (χ4n) is 9.79. The summed E-state index contributed by atoms with van der Waals surface area (Å²) in [5.74, 6) is -6.03. The van der Waals surface area contributed by atoms with Gasteiger partial charge in [0.2, 0.25) is 5.91 Å². The molecule has 0 aliphatic heterocycles. The third kappa shape index (κ3) is 4.72. The SMILES string of the molecule is CCC(CC)Cc1ccc(OC)c(-c2ccc(O)c3c2C[C@]2(C)C[C@]4(C)[C@@H](C(C)C)C(O)[C@@H](C(N)=O)C(=O)[C@]4(O)C(O)[C@H]2C3=O)c1. The molecule has 250 valence electrons. The van der Waals surface area contributed by atoms with Crippen LogP contribution >= 0.6 is 0 Å². The van der Waals surface area contributed by atoms with E-state index in [4.69, 9.17) is 10.5 Å². The highest BCUT2D eigenvalue weighted by atomic mass is 16.5. The number of fused-ring (bicyclic) bond motifs is 3. The number of phenolic OH excluding ortho intramolecular Hbond substituents is 1. The van der Waals surface area contributed by atoms with Crippen LogP contribution in [0.1, 0.15) is 82.3 Å². The van der Waals surface area contributed by atoms with Gasteiger partial charge in [-0.05, 0) is 77.3 Å². The summed E-state index contributed by atoms with van der Waals surface area (Å²) >= 11 is 0. The molecular formula is C37H49NO8. The Kier molecular flexibility index (Phi) is 8.71. The summed E-state index contributed by atoms with van der Waals surface area (Å²) in [6.45, 7) is 11.5. The molecule has 1 amide bonds. The summed E-state index contributed by atoms with van der Waals surface area (Å²) < 4.78 is 5.78. The van der Waals surface area contributed by atoms with Crippen LogP contribution in [0.2, 0.25) is 0 Å². The van der Waals surface area contributed by atoms with Crippen LogP contribution in [-0.4, -0.2) is 62.8 Å². The van der Waals surface area contributed by atoms with Gasteiger partial charge in [-0.2, -0.15) is 0 Å². The lowest BCUT2D eigenvalue weighted by atomic mass is 9.39. The second kappa shape index (κ2) is 11.8. The van der Waals surface area contributed by atoms with Crippen molar-refractivity contribution in [1.82, 2.24) is 0 Å². The van der Waals surface area contributed by atoms with Gasteiger partial charge in [0.15, 0.2) is 17.2 Å². The zero-order valence-corrected chi connectivity index (χ0v) is 28.0. The highest BCUT2D eigenvalue weighted by Crippen LogP contribution is 2.66. The first-order valence-corrected chi connectivity index (χ1v) is 16.5. The maximum Gasteiger partial charge on any atom is 0.230 e. The van der Waals surface area contributed by atoms with Crippen molar-refractivity contribution in [1.29, 1.82) is 0 Å². The van der Waals surface area contributed by atoms with Crippen molar-refractivity contribution < 1.29 is 39.5 Å². The first-order valence-electron chi connectivity index (χ1n) is 16.5. The average Bonchev–Trinajstić information content (AvgIpc) is 2.97. The molecule has 2 fully saturated rings. The molecule has 8 atom stereocenters. The lowest BCUT2D eigenvalue weighted by Gasteiger charge is -2.66. The number of primary amides is 1. The molecule has 0 spiro atoms. The van der Waals surface area contributed by atoms with Gasteiger partial charge in [0, 0.05) is 11.0 Å². The smallest absolute Gasteiger partial charge is 0.230 e. The zero-order valence-electron chi connectivity index (χ0n) is 28.0. The minimum Gasteiger partial charge on any atom is -0.507 e. The molecule has 46 heavy (non-hydrogen) atoms. The molecule has 0 saturated heterocycles. The number of phenols is 1. The molecule has 0 aromatic heterocycles. The van der Waals surface area contributed by atoms with E-state index in [1.807, 2.05) is 32.9 Å². The minimum absolute atomic E-state index is 0.0360. The Balaban J connectivity index is 1.71. The molecular weight excluding hydrogens is 586 g/mol. The maximum atomic E-state index is 14.5. The van der Waals surface area contributed by atoms with Gasteiger partial charge in [-0.3, -0.25) is 14.4 Å². The minimum atomic E-state index is -2.54. The number of ketones is 2. The van der Waals surface area contributed by atoms with Gasteiger partial charge >= 0.3 is 0 Å². The van der Waals surface area contributed by atoms with Gasteiger partial charge in [-0.15, -0.1) is 0 Å². The number of amides is 1. The lowest BCUT2D eigenvalue weighted by Crippen LogP contribution is -2.79. The first kappa shape index (κ1) is 34.1. The highest BCUT2D eigenvalue weighted by Gasteiger charge is 2.75. The van der Waals surface area contributed by atoms with Crippen molar-refractivity contribution >= 4 is 17.5 Å². The summed E-state index contributed by atoms with van der Waals surface area (Å²) in [5, 5.41) is 46.9. The van der Waals surface area contributed by atoms with Crippen molar-refractivity contribution in [2.24, 2.45) is 46.2 Å². The molecule has 6 N–H and O–H groups in total. The van der Waals surface area contributed by atoms with Gasteiger partial charge in [-0.1, -0.05) is 66.5 Å². The number of aliphatic hydroxyl groups excluding tert-OH is 2. The van der Waals surface area contributed by atoms with E-state index in [0.29, 0.717) is 17.2 Å². The summed E-state index contributed by atoms with van der Waals surface area (Å²) in [6.07, 6.45) is -0.102. The fraction of sp³-hybridized carbons (Fsp3) is 0.595. The number of nitrogens with two attached hydrogens (primary N) is 1. The van der Waals surface area contributed by atoms with Crippen LogP contribution in [-0.2, 0) is 22.4 Å². The summed E-state index contributed by atoms with van der Waals surface area (Å²) in [5.41, 5.74) is 3.87. The molecule has 9 heteroatoms. The van der Waals surface area contributed by atoms with E-state index in [0.717, 1.165) is 36.0 Å². The molecule has 0 radical (unpaired) electrons. The van der Waals surface area contributed by atoms with Crippen molar-refractivity contribution in [2.75, 3.05) is 7.11 Å². The Morgan fingerprint density at radius 2 is 1.72 bits per heavy atom. The molecule has 2 unspecified atom stereocenters. The monoisotopic (exact) mass is 635 g/mol. The van der Waals surface area contributed by atoms with Crippen LogP contribution in [0.4, 0.5) is 0 Å². The maximum absolute atomic E-state index is 14.5. The van der Waals surface area contributed by atoms with Gasteiger partial charge < -0.3 is 30.9 Å². The molecule has 0 bridgehead atoms. The third-order valence-corrected chi connectivity index (χ3v) is 11.9. The van der Waals surface area contributed by atoms with Crippen LogP contribution in [0.3, 0.4) is 0 Å². The van der Waals surface area contributed by atoms with Crippen molar-refractivity contribution in [3.05, 3.63) is 47.0 Å². The Labute approximate surface area is 271 Å². The van der Waals surface area contributed by atoms with Crippen molar-refractivity contribution in [3.8, 4) is 22.6 Å². The predicted octanol–water partition coefficient (Wildman–Crippen LogP) is 4.23. The Bertz CT molecular complexity index is 1560. The molecule has 9 nitrogen and oxygen atoms in total. The molecule has 2 saturated carbocycles. The predicted molar refractivity (Wildman–Crippen MR) is 173 cm³/mol. The molecule has 5 rings (SSSR count). The number of Topliss-reactive ketones (excluding diaryl/α,β-unsaturated/α-hetero) is 2. The van der Waals surface area contributed by atoms with Gasteiger partial charge in [0.1, 0.15) is 23.5 Å². The second-order valence-electron chi connectivity index (χ2n) is 14.9. The van der Waals surface area contributed by atoms with E-state index >= 15 is 0 Å². The van der Waals surface area contributed by atoms with Gasteiger partial charge in [-0.25, -0.2) is 0 Å². The van der Waals surface area contributed by atoms with Crippen molar-refractivity contribution in [3.63, 3.8) is 0 Å². The highest BCUT2D eigenvalue weighted by molar-refractivity contribution is 6.09. The van der Waals surface area contributed by atoms with E-state index in [1.54, 1.807) is 20.1 Å². The quantitative estimate of drug-likeness (QED) is 0.269. The molecule has 0 heterocycles. The van der Waals surface area contributed by atoms with Crippen LogP contribution < -0.4 is 10.5 Å². The number of carbonyl (C=O) groups is 3. The van der Waals surface area contributed by atoms with E-state index in [1.165, 1.54) is 6.07 Å². The normalized spacial score (nSPS) is 33.9. The molecule has 3 aliphatic carbocycles. The number of carbonyl (C=O) groups excluding carboxylic acids is 3. The molecule has 2 aromatic rings. The Morgan fingerprint density at radius 1 is 1.07 bits per heavy atom. The lowest BCUT2D eigenvalue weighted by molar-refractivity contribution is -0.265. The van der Waals surface area contributed by atoms with E-state index in [-0.39, 0.29) is 30.1 Å². The summed E-state index contributed by atoms with van der Waals surface area (Å²) in [4.78, 5) is 40.9. The standard InChI is InChI=1S/C37H49NO8/c1-8-19(9-2)14-20-10-13-25(46-7)22(15-20)21-11-12-24(39)26-23(21)16-35(5)17-36(6)28(18(3)4)31(41)27(34(38)44)32(42)37(36,45)33(43)29(35)30(26)40/h10-13,15,18-19,27-29,31,33,39,41,43,45H,8-9,14,16-17H2,1-7H3,(H2,38,44)/t27-,28+,29-,31?,33?,35-,36-,37+/m1/s1. The molecule has 2 aromatic carbocycles. The zero-order chi connectivity index (χ0) is 34.1. The van der Waals surface area contributed by atoms with E-state index < -0.39 is 63.9 Å². The summed E-state index contributed by atoms with van der Waals surface area (Å²) in [6, 6.07) is 9.28. The number of hydrogen-bond acceptors (Lipinski definition) is 8.